The lowest BCUT2D eigenvalue weighted by Crippen LogP contribution is -2.36. The Labute approximate surface area is 122 Å². The van der Waals surface area contributed by atoms with E-state index in [0.717, 1.165) is 16.2 Å². The van der Waals surface area contributed by atoms with E-state index in [0.29, 0.717) is 11.3 Å². The van der Waals surface area contributed by atoms with Crippen molar-refractivity contribution >= 4 is 33.3 Å². The van der Waals surface area contributed by atoms with Crippen LogP contribution in [0.1, 0.15) is 39.0 Å². The summed E-state index contributed by atoms with van der Waals surface area (Å²) < 4.78 is 0.909. The van der Waals surface area contributed by atoms with E-state index >= 15 is 0 Å². The van der Waals surface area contributed by atoms with Gasteiger partial charge in [0, 0.05) is 19.3 Å². The Morgan fingerprint density at radius 3 is 2.67 bits per heavy atom. The molecule has 0 aliphatic heterocycles. The second kappa shape index (κ2) is 6.20. The summed E-state index contributed by atoms with van der Waals surface area (Å²) in [5, 5.41) is 0.308. The fourth-order valence-electron chi connectivity index (χ4n) is 2.70. The molecule has 1 heterocycles. The van der Waals surface area contributed by atoms with Crippen LogP contribution in [0.4, 0.5) is 5.82 Å². The Morgan fingerprint density at radius 1 is 1.39 bits per heavy atom. The molecule has 1 aromatic rings. The largest absolute Gasteiger partial charge is 0.356 e. The third-order valence-electron chi connectivity index (χ3n) is 3.97. The van der Waals surface area contributed by atoms with Gasteiger partial charge in [0.25, 0.3) is 0 Å². The molecule has 0 bridgehead atoms. The molecule has 5 heteroatoms. The zero-order valence-corrected chi connectivity index (χ0v) is 13.2. The van der Waals surface area contributed by atoms with E-state index in [2.05, 4.69) is 44.8 Å². The number of nitrogens with zero attached hydrogens (tertiary/aromatic N) is 3. The maximum absolute atomic E-state index is 5.88. The molecule has 0 atom stereocenters. The summed E-state index contributed by atoms with van der Waals surface area (Å²) in [7, 11) is 2.10. The summed E-state index contributed by atoms with van der Waals surface area (Å²) >= 11 is 9.37. The van der Waals surface area contributed by atoms with Gasteiger partial charge in [-0.3, -0.25) is 0 Å². The molecule has 0 unspecified atom stereocenters. The Morgan fingerprint density at radius 2 is 2.06 bits per heavy atom. The maximum atomic E-state index is 5.88. The highest BCUT2D eigenvalue weighted by Gasteiger charge is 2.25. The minimum Gasteiger partial charge on any atom is -0.356 e. The van der Waals surface area contributed by atoms with Gasteiger partial charge in [0.1, 0.15) is 5.82 Å². The summed E-state index contributed by atoms with van der Waals surface area (Å²) in [5.41, 5.74) is 0. The third kappa shape index (κ3) is 3.15. The smallest absolute Gasteiger partial charge is 0.224 e. The van der Waals surface area contributed by atoms with Gasteiger partial charge in [0.2, 0.25) is 5.28 Å². The van der Waals surface area contributed by atoms with Gasteiger partial charge >= 0.3 is 0 Å². The molecular weight excluding hydrogens is 314 g/mol. The predicted octanol–water partition coefficient (Wildman–Crippen LogP) is 4.30. The highest BCUT2D eigenvalue weighted by Crippen LogP contribution is 2.33. The van der Waals surface area contributed by atoms with Crippen molar-refractivity contribution in [2.24, 2.45) is 5.92 Å². The van der Waals surface area contributed by atoms with Crippen LogP contribution in [-0.4, -0.2) is 23.1 Å². The molecule has 18 heavy (non-hydrogen) atoms. The van der Waals surface area contributed by atoms with Gasteiger partial charge in [-0.05, 0) is 59.1 Å². The van der Waals surface area contributed by atoms with Crippen molar-refractivity contribution in [1.29, 1.82) is 0 Å². The SMILES string of the molecule is CCC1CCC(N(C)c2nc(Cl)ncc2Br)CC1. The van der Waals surface area contributed by atoms with Crippen molar-refractivity contribution in [1.82, 2.24) is 9.97 Å². The maximum Gasteiger partial charge on any atom is 0.224 e. The first-order chi connectivity index (χ1) is 8.61. The molecule has 1 aliphatic rings. The molecule has 1 saturated carbocycles. The zero-order valence-electron chi connectivity index (χ0n) is 10.9. The van der Waals surface area contributed by atoms with Crippen LogP contribution in [0.15, 0.2) is 10.7 Å². The lowest BCUT2D eigenvalue weighted by Gasteiger charge is -2.35. The molecule has 0 saturated heterocycles. The van der Waals surface area contributed by atoms with Crippen LogP contribution in [0, 0.1) is 5.92 Å². The second-order valence-electron chi connectivity index (χ2n) is 5.00. The first-order valence-electron chi connectivity index (χ1n) is 6.52. The molecule has 100 valence electrons. The van der Waals surface area contributed by atoms with E-state index in [4.69, 9.17) is 11.6 Å². The van der Waals surface area contributed by atoms with E-state index in [1.807, 2.05) is 0 Å². The predicted molar refractivity (Wildman–Crippen MR) is 79.2 cm³/mol. The number of anilines is 1. The molecule has 2 rings (SSSR count). The van der Waals surface area contributed by atoms with Crippen molar-refractivity contribution in [3.8, 4) is 0 Å². The van der Waals surface area contributed by atoms with E-state index in [-0.39, 0.29) is 0 Å². The minimum atomic E-state index is 0.308. The molecule has 1 aliphatic carbocycles. The zero-order chi connectivity index (χ0) is 13.1. The number of rotatable bonds is 3. The summed E-state index contributed by atoms with van der Waals surface area (Å²) in [5.74, 6) is 1.81. The number of halogens is 2. The van der Waals surface area contributed by atoms with E-state index < -0.39 is 0 Å². The van der Waals surface area contributed by atoms with Gasteiger partial charge in [-0.25, -0.2) is 4.98 Å². The highest BCUT2D eigenvalue weighted by molar-refractivity contribution is 9.10. The number of aromatic nitrogens is 2. The second-order valence-corrected chi connectivity index (χ2v) is 6.20. The summed E-state index contributed by atoms with van der Waals surface area (Å²) in [6.07, 6.45) is 8.15. The lowest BCUT2D eigenvalue weighted by molar-refractivity contribution is 0.312. The van der Waals surface area contributed by atoms with Gasteiger partial charge in [0.05, 0.1) is 4.47 Å². The molecule has 0 aromatic carbocycles. The minimum absolute atomic E-state index is 0.308. The number of hydrogen-bond acceptors (Lipinski definition) is 3. The van der Waals surface area contributed by atoms with Crippen molar-refractivity contribution in [3.63, 3.8) is 0 Å². The Hall–Kier alpha value is -0.350. The molecule has 3 nitrogen and oxygen atoms in total. The normalized spacial score (nSPS) is 24.0. The topological polar surface area (TPSA) is 29.0 Å². The van der Waals surface area contributed by atoms with Crippen LogP contribution in [-0.2, 0) is 0 Å². The van der Waals surface area contributed by atoms with Crippen molar-refractivity contribution < 1.29 is 0 Å². The van der Waals surface area contributed by atoms with E-state index in [1.54, 1.807) is 6.20 Å². The Kier molecular flexibility index (Phi) is 4.84. The summed E-state index contributed by atoms with van der Waals surface area (Å²) in [6, 6.07) is 0.565. The van der Waals surface area contributed by atoms with Crippen molar-refractivity contribution in [3.05, 3.63) is 16.0 Å². The van der Waals surface area contributed by atoms with Gasteiger partial charge in [0.15, 0.2) is 0 Å². The quantitative estimate of drug-likeness (QED) is 0.773. The van der Waals surface area contributed by atoms with Crippen LogP contribution >= 0.6 is 27.5 Å². The fraction of sp³-hybridized carbons (Fsp3) is 0.692. The molecule has 0 amide bonds. The molecule has 0 radical (unpaired) electrons. The van der Waals surface area contributed by atoms with Crippen LogP contribution in [0.5, 0.6) is 0 Å². The van der Waals surface area contributed by atoms with Crippen LogP contribution < -0.4 is 4.90 Å². The Balaban J connectivity index is 2.07. The fourth-order valence-corrected chi connectivity index (χ4v) is 3.30. The average Bonchev–Trinajstić information content (AvgIpc) is 2.41. The first kappa shape index (κ1) is 14.1. The van der Waals surface area contributed by atoms with Gasteiger partial charge < -0.3 is 4.90 Å². The summed E-state index contributed by atoms with van der Waals surface area (Å²) in [4.78, 5) is 10.5. The van der Waals surface area contributed by atoms with Crippen molar-refractivity contribution in [2.75, 3.05) is 11.9 Å². The van der Waals surface area contributed by atoms with Crippen molar-refractivity contribution in [2.45, 2.75) is 45.1 Å². The average molecular weight is 333 g/mol. The third-order valence-corrected chi connectivity index (χ3v) is 4.71. The monoisotopic (exact) mass is 331 g/mol. The Bertz CT molecular complexity index is 405. The van der Waals surface area contributed by atoms with E-state index in [9.17, 15) is 0 Å². The summed E-state index contributed by atoms with van der Waals surface area (Å²) in [6.45, 7) is 2.29. The molecule has 1 fully saturated rings. The lowest BCUT2D eigenvalue weighted by atomic mass is 9.84. The van der Waals surface area contributed by atoms with E-state index in [1.165, 1.54) is 32.1 Å². The van der Waals surface area contributed by atoms with Crippen LogP contribution in [0.25, 0.3) is 0 Å². The molecule has 0 spiro atoms. The highest BCUT2D eigenvalue weighted by atomic mass is 79.9. The van der Waals surface area contributed by atoms with Crippen LogP contribution in [0.3, 0.4) is 0 Å². The van der Waals surface area contributed by atoms with Gasteiger partial charge in [-0.15, -0.1) is 0 Å². The molecule has 0 N–H and O–H groups in total. The molecular formula is C13H19BrClN3. The molecule has 1 aromatic heterocycles. The van der Waals surface area contributed by atoms with Gasteiger partial charge in [-0.2, -0.15) is 4.98 Å². The standard InChI is InChI=1S/C13H19BrClN3/c1-3-9-4-6-10(7-5-9)18(2)12-11(14)8-16-13(15)17-12/h8-10H,3-7H2,1-2H3. The van der Waals surface area contributed by atoms with Crippen LogP contribution in [0.2, 0.25) is 5.28 Å². The number of hydrogen-bond donors (Lipinski definition) is 0. The van der Waals surface area contributed by atoms with Gasteiger partial charge in [-0.1, -0.05) is 13.3 Å². The first-order valence-corrected chi connectivity index (χ1v) is 7.69.